The first-order valence-corrected chi connectivity index (χ1v) is 8.42. The Kier molecular flexibility index (Phi) is 4.71. The molecule has 1 atom stereocenters. The lowest BCUT2D eigenvalue weighted by atomic mass is 9.71. The minimum absolute atomic E-state index is 0.288. The standard InChI is InChI=1S/C23H22O2/c1-17-9-11-20(12-10-17)23(3,19-7-5-4-6-8-19)21-13-15-22(16-14-21)25-18(2)24/h4-16H,1-3H3. The van der Waals surface area contributed by atoms with Gasteiger partial charge in [0.05, 0.1) is 0 Å². The van der Waals surface area contributed by atoms with Crippen molar-refractivity contribution in [3.8, 4) is 5.75 Å². The third kappa shape index (κ3) is 3.48. The van der Waals surface area contributed by atoms with Crippen molar-refractivity contribution in [3.05, 3.63) is 101 Å². The summed E-state index contributed by atoms with van der Waals surface area (Å²) in [7, 11) is 0. The lowest BCUT2D eigenvalue weighted by Crippen LogP contribution is -2.25. The van der Waals surface area contributed by atoms with Crippen LogP contribution in [-0.2, 0) is 10.2 Å². The van der Waals surface area contributed by atoms with E-state index in [0.717, 1.165) is 5.56 Å². The van der Waals surface area contributed by atoms with Gasteiger partial charge in [-0.3, -0.25) is 4.79 Å². The van der Waals surface area contributed by atoms with Crippen LogP contribution in [0.25, 0.3) is 0 Å². The van der Waals surface area contributed by atoms with Crippen LogP contribution in [-0.4, -0.2) is 5.97 Å². The second-order valence-corrected chi connectivity index (χ2v) is 6.48. The zero-order valence-electron chi connectivity index (χ0n) is 14.8. The van der Waals surface area contributed by atoms with Gasteiger partial charge in [-0.25, -0.2) is 0 Å². The molecule has 0 radical (unpaired) electrons. The summed E-state index contributed by atoms with van der Waals surface area (Å²) in [6.45, 7) is 5.74. The van der Waals surface area contributed by atoms with E-state index in [-0.39, 0.29) is 11.4 Å². The van der Waals surface area contributed by atoms with Gasteiger partial charge in [0.15, 0.2) is 0 Å². The van der Waals surface area contributed by atoms with Crippen LogP contribution < -0.4 is 4.74 Å². The molecule has 1 unspecified atom stereocenters. The van der Waals surface area contributed by atoms with Crippen molar-refractivity contribution in [1.29, 1.82) is 0 Å². The number of esters is 1. The third-order valence-corrected chi connectivity index (χ3v) is 4.67. The zero-order chi connectivity index (χ0) is 17.9. The van der Waals surface area contributed by atoms with Gasteiger partial charge >= 0.3 is 5.97 Å². The lowest BCUT2D eigenvalue weighted by Gasteiger charge is -2.32. The molecule has 0 aromatic heterocycles. The van der Waals surface area contributed by atoms with Crippen LogP contribution in [0.5, 0.6) is 5.75 Å². The molecule has 0 amide bonds. The highest BCUT2D eigenvalue weighted by Gasteiger charge is 2.30. The predicted octanol–water partition coefficient (Wildman–Crippen LogP) is 5.27. The summed E-state index contributed by atoms with van der Waals surface area (Å²) in [4.78, 5) is 11.1. The normalized spacial score (nSPS) is 13.1. The van der Waals surface area contributed by atoms with Gasteiger partial charge in [0.2, 0.25) is 0 Å². The maximum absolute atomic E-state index is 11.1. The summed E-state index contributed by atoms with van der Waals surface area (Å²) in [6.07, 6.45) is 0. The Labute approximate surface area is 149 Å². The summed E-state index contributed by atoms with van der Waals surface area (Å²) < 4.78 is 5.17. The molecule has 3 rings (SSSR count). The number of hydrogen-bond donors (Lipinski definition) is 0. The molecular formula is C23H22O2. The van der Waals surface area contributed by atoms with Crippen molar-refractivity contribution in [2.45, 2.75) is 26.2 Å². The van der Waals surface area contributed by atoms with Crippen LogP contribution in [0.3, 0.4) is 0 Å². The number of rotatable bonds is 4. The van der Waals surface area contributed by atoms with Crippen LogP contribution in [0.2, 0.25) is 0 Å². The fraction of sp³-hybridized carbons (Fsp3) is 0.174. The first kappa shape index (κ1) is 17.0. The van der Waals surface area contributed by atoms with Crippen LogP contribution in [0, 0.1) is 6.92 Å². The maximum Gasteiger partial charge on any atom is 0.308 e. The van der Waals surface area contributed by atoms with Gasteiger partial charge in [0, 0.05) is 12.3 Å². The fourth-order valence-electron chi connectivity index (χ4n) is 3.18. The molecule has 0 spiro atoms. The number of ether oxygens (including phenoxy) is 1. The van der Waals surface area contributed by atoms with E-state index < -0.39 is 0 Å². The Hall–Kier alpha value is -2.87. The summed E-state index contributed by atoms with van der Waals surface area (Å²) >= 11 is 0. The molecule has 0 aliphatic rings. The molecule has 3 aromatic carbocycles. The van der Waals surface area contributed by atoms with Crippen LogP contribution in [0.1, 0.15) is 36.1 Å². The van der Waals surface area contributed by atoms with E-state index >= 15 is 0 Å². The molecule has 2 heteroatoms. The smallest absolute Gasteiger partial charge is 0.308 e. The predicted molar refractivity (Wildman–Crippen MR) is 101 cm³/mol. The van der Waals surface area contributed by atoms with Crippen LogP contribution in [0.15, 0.2) is 78.9 Å². The molecule has 0 heterocycles. The van der Waals surface area contributed by atoms with E-state index in [1.165, 1.54) is 23.6 Å². The number of hydrogen-bond acceptors (Lipinski definition) is 2. The monoisotopic (exact) mass is 330 g/mol. The molecule has 0 saturated heterocycles. The average molecular weight is 330 g/mol. The molecule has 25 heavy (non-hydrogen) atoms. The van der Waals surface area contributed by atoms with Gasteiger partial charge in [-0.2, -0.15) is 0 Å². The Morgan fingerprint density at radius 1 is 0.760 bits per heavy atom. The Morgan fingerprint density at radius 3 is 1.76 bits per heavy atom. The topological polar surface area (TPSA) is 26.3 Å². The lowest BCUT2D eigenvalue weighted by molar-refractivity contribution is -0.131. The highest BCUT2D eigenvalue weighted by molar-refractivity contribution is 5.69. The van der Waals surface area contributed by atoms with Crippen molar-refractivity contribution in [2.75, 3.05) is 0 Å². The summed E-state index contributed by atoms with van der Waals surface area (Å²) in [5.74, 6) is 0.257. The van der Waals surface area contributed by atoms with E-state index in [1.807, 2.05) is 30.3 Å². The highest BCUT2D eigenvalue weighted by atomic mass is 16.5. The van der Waals surface area contributed by atoms with E-state index in [4.69, 9.17) is 4.74 Å². The zero-order valence-corrected chi connectivity index (χ0v) is 14.8. The number of aryl methyl sites for hydroxylation is 1. The Balaban J connectivity index is 2.11. The molecule has 3 aromatic rings. The van der Waals surface area contributed by atoms with Crippen molar-refractivity contribution in [2.24, 2.45) is 0 Å². The van der Waals surface area contributed by atoms with Crippen molar-refractivity contribution >= 4 is 5.97 Å². The molecule has 2 nitrogen and oxygen atoms in total. The van der Waals surface area contributed by atoms with Gasteiger partial charge in [-0.1, -0.05) is 72.3 Å². The minimum Gasteiger partial charge on any atom is -0.427 e. The second kappa shape index (κ2) is 6.94. The SMILES string of the molecule is CC(=O)Oc1ccc(C(C)(c2ccccc2)c2ccc(C)cc2)cc1. The molecule has 0 N–H and O–H groups in total. The first-order chi connectivity index (χ1) is 12.0. The highest BCUT2D eigenvalue weighted by Crippen LogP contribution is 2.39. The molecular weight excluding hydrogens is 308 g/mol. The molecule has 0 aliphatic heterocycles. The van der Waals surface area contributed by atoms with Gasteiger partial charge in [-0.15, -0.1) is 0 Å². The van der Waals surface area contributed by atoms with Crippen molar-refractivity contribution in [1.82, 2.24) is 0 Å². The molecule has 0 aliphatic carbocycles. The van der Waals surface area contributed by atoms with Crippen LogP contribution >= 0.6 is 0 Å². The van der Waals surface area contributed by atoms with Crippen molar-refractivity contribution in [3.63, 3.8) is 0 Å². The van der Waals surface area contributed by atoms with Gasteiger partial charge in [0.25, 0.3) is 0 Å². The fourth-order valence-corrected chi connectivity index (χ4v) is 3.18. The molecule has 0 saturated carbocycles. The number of benzene rings is 3. The number of carbonyl (C=O) groups excluding carboxylic acids is 1. The average Bonchev–Trinajstić information content (AvgIpc) is 2.62. The molecule has 0 bridgehead atoms. The quantitative estimate of drug-likeness (QED) is 0.370. The number of carbonyl (C=O) groups is 1. The largest absolute Gasteiger partial charge is 0.427 e. The first-order valence-electron chi connectivity index (χ1n) is 8.42. The molecule has 0 fully saturated rings. The third-order valence-electron chi connectivity index (χ3n) is 4.67. The summed E-state index contributed by atoms with van der Waals surface area (Å²) in [5.41, 5.74) is 4.55. The van der Waals surface area contributed by atoms with E-state index in [9.17, 15) is 4.79 Å². The summed E-state index contributed by atoms with van der Waals surface area (Å²) in [6, 6.07) is 26.9. The van der Waals surface area contributed by atoms with Crippen molar-refractivity contribution < 1.29 is 9.53 Å². The second-order valence-electron chi connectivity index (χ2n) is 6.48. The van der Waals surface area contributed by atoms with Gasteiger partial charge < -0.3 is 4.74 Å². The summed E-state index contributed by atoms with van der Waals surface area (Å²) in [5, 5.41) is 0. The minimum atomic E-state index is -0.308. The van der Waals surface area contributed by atoms with E-state index in [2.05, 4.69) is 62.4 Å². The maximum atomic E-state index is 11.1. The van der Waals surface area contributed by atoms with E-state index in [0.29, 0.717) is 5.75 Å². The molecule has 126 valence electrons. The Morgan fingerprint density at radius 2 is 1.24 bits per heavy atom. The van der Waals surface area contributed by atoms with E-state index in [1.54, 1.807) is 0 Å². The van der Waals surface area contributed by atoms with Gasteiger partial charge in [0.1, 0.15) is 5.75 Å². The Bertz CT molecular complexity index is 849. The van der Waals surface area contributed by atoms with Gasteiger partial charge in [-0.05, 0) is 42.7 Å². The van der Waals surface area contributed by atoms with Crippen LogP contribution in [0.4, 0.5) is 0 Å².